The molecule has 0 saturated heterocycles. The number of fused-ring (bicyclic) bond motifs is 2. The molecule has 34 heavy (non-hydrogen) atoms. The van der Waals surface area contributed by atoms with Crippen molar-refractivity contribution >= 4 is 27.7 Å². The van der Waals surface area contributed by atoms with Crippen LogP contribution < -0.4 is 5.56 Å². The van der Waals surface area contributed by atoms with Gasteiger partial charge in [0.15, 0.2) is 5.78 Å². The summed E-state index contributed by atoms with van der Waals surface area (Å²) in [6.07, 6.45) is 0.946. The van der Waals surface area contributed by atoms with Crippen LogP contribution in [0.15, 0.2) is 59.4 Å². The van der Waals surface area contributed by atoms with Gasteiger partial charge in [0.1, 0.15) is 5.65 Å². The average Bonchev–Trinajstić information content (AvgIpc) is 3.31. The maximum Gasteiger partial charge on any atom is 0.252 e. The molecule has 5 aromatic rings. The topological polar surface area (TPSA) is 61.8 Å². The molecule has 5 rings (SSSR count). The summed E-state index contributed by atoms with van der Waals surface area (Å²) in [6, 6.07) is 17.6. The Bertz CT molecular complexity index is 1630. The highest BCUT2D eigenvalue weighted by Crippen LogP contribution is 2.27. The largest absolute Gasteiger partial charge is 0.347 e. The fourth-order valence-corrected chi connectivity index (χ4v) is 4.97. The number of carbonyl (C=O) groups excluding carboxylic acids is 1. The Kier molecular flexibility index (Phi) is 5.24. The van der Waals surface area contributed by atoms with Crippen LogP contribution in [0.1, 0.15) is 39.8 Å². The molecule has 0 aliphatic carbocycles. The molecular formula is C28H28N4O2. The predicted octanol–water partition coefficient (Wildman–Crippen LogP) is 5.05. The second-order valence-corrected chi connectivity index (χ2v) is 8.93. The predicted molar refractivity (Wildman–Crippen MR) is 136 cm³/mol. The lowest BCUT2D eigenvalue weighted by Gasteiger charge is -2.12. The van der Waals surface area contributed by atoms with E-state index in [4.69, 9.17) is 5.10 Å². The maximum absolute atomic E-state index is 13.7. The van der Waals surface area contributed by atoms with Gasteiger partial charge in [-0.05, 0) is 56.5 Å². The van der Waals surface area contributed by atoms with Crippen molar-refractivity contribution in [2.24, 2.45) is 7.05 Å². The Labute approximate surface area is 198 Å². The molecule has 0 atom stereocenters. The molecule has 0 saturated carbocycles. The minimum atomic E-state index is -0.206. The summed E-state index contributed by atoms with van der Waals surface area (Å²) in [5.74, 6) is -0.0895. The van der Waals surface area contributed by atoms with Crippen LogP contribution in [0.3, 0.4) is 0 Å². The van der Waals surface area contributed by atoms with Crippen LogP contribution in [0.4, 0.5) is 0 Å². The van der Waals surface area contributed by atoms with E-state index in [0.29, 0.717) is 11.2 Å². The van der Waals surface area contributed by atoms with E-state index < -0.39 is 0 Å². The Morgan fingerprint density at radius 1 is 1.00 bits per heavy atom. The molecule has 6 nitrogen and oxygen atoms in total. The van der Waals surface area contributed by atoms with E-state index in [1.165, 1.54) is 5.56 Å². The zero-order valence-electron chi connectivity index (χ0n) is 20.2. The van der Waals surface area contributed by atoms with E-state index in [1.807, 2.05) is 68.8 Å². The molecule has 6 heteroatoms. The molecule has 0 unspecified atom stereocenters. The Morgan fingerprint density at radius 2 is 1.71 bits per heavy atom. The average molecular weight is 453 g/mol. The lowest BCUT2D eigenvalue weighted by atomic mass is 10.1. The van der Waals surface area contributed by atoms with Crippen LogP contribution in [0.5, 0.6) is 0 Å². The van der Waals surface area contributed by atoms with Crippen molar-refractivity contribution in [3.05, 3.63) is 93.0 Å². The minimum Gasteiger partial charge on any atom is -0.347 e. The summed E-state index contributed by atoms with van der Waals surface area (Å²) in [4.78, 5) is 26.9. The summed E-state index contributed by atoms with van der Waals surface area (Å²) in [5.41, 5.74) is 6.78. The lowest BCUT2D eigenvalue weighted by Crippen LogP contribution is -2.26. The third kappa shape index (κ3) is 3.29. The molecule has 0 radical (unpaired) electrons. The minimum absolute atomic E-state index is 0.0529. The number of rotatable bonds is 5. The molecule has 3 heterocycles. The molecule has 0 aliphatic heterocycles. The summed E-state index contributed by atoms with van der Waals surface area (Å²) >= 11 is 0. The standard InChI is InChI=1S/C28H28N4O2/c1-6-20-11-13-21(14-12-20)32-28-26(18(3)29-32)17(2)15-25(34)31(28)16-24(33)27-19(4)30(5)23-10-8-7-9-22(23)27/h7-15H,6,16H2,1-5H3. The zero-order chi connectivity index (χ0) is 24.1. The first-order valence-electron chi connectivity index (χ1n) is 11.6. The highest BCUT2D eigenvalue weighted by Gasteiger charge is 2.22. The van der Waals surface area contributed by atoms with Crippen LogP contribution in [0.2, 0.25) is 0 Å². The summed E-state index contributed by atoms with van der Waals surface area (Å²) in [5, 5.41) is 6.58. The van der Waals surface area contributed by atoms with Crippen LogP contribution >= 0.6 is 0 Å². The van der Waals surface area contributed by atoms with Crippen molar-refractivity contribution < 1.29 is 4.79 Å². The fourth-order valence-electron chi connectivity index (χ4n) is 4.97. The first kappa shape index (κ1) is 21.9. The van der Waals surface area contributed by atoms with Crippen molar-refractivity contribution in [3.63, 3.8) is 0 Å². The smallest absolute Gasteiger partial charge is 0.252 e. The van der Waals surface area contributed by atoms with Crippen molar-refractivity contribution in [3.8, 4) is 5.69 Å². The third-order valence-electron chi connectivity index (χ3n) is 6.86. The zero-order valence-corrected chi connectivity index (χ0v) is 20.2. The third-order valence-corrected chi connectivity index (χ3v) is 6.86. The number of aryl methyl sites for hydroxylation is 4. The summed E-state index contributed by atoms with van der Waals surface area (Å²) in [6.45, 7) is 7.87. The Balaban J connectivity index is 1.71. The highest BCUT2D eigenvalue weighted by molar-refractivity contribution is 6.09. The first-order chi connectivity index (χ1) is 16.3. The molecule has 172 valence electrons. The number of ketones is 1. The SMILES string of the molecule is CCc1ccc(-n2nc(C)c3c(C)cc(=O)n(CC(=O)c4c(C)n(C)c5ccccc45)c32)cc1. The van der Waals surface area contributed by atoms with E-state index in [9.17, 15) is 9.59 Å². The number of pyridine rings is 1. The van der Waals surface area contributed by atoms with Crippen molar-refractivity contribution in [1.82, 2.24) is 18.9 Å². The quantitative estimate of drug-likeness (QED) is 0.351. The van der Waals surface area contributed by atoms with Gasteiger partial charge in [0.2, 0.25) is 0 Å². The van der Waals surface area contributed by atoms with Gasteiger partial charge in [0, 0.05) is 40.7 Å². The van der Waals surface area contributed by atoms with Crippen molar-refractivity contribution in [2.45, 2.75) is 40.7 Å². The molecule has 0 fully saturated rings. The summed E-state index contributed by atoms with van der Waals surface area (Å²) < 4.78 is 5.39. The van der Waals surface area contributed by atoms with Gasteiger partial charge < -0.3 is 4.57 Å². The molecule has 0 N–H and O–H groups in total. The van der Waals surface area contributed by atoms with E-state index >= 15 is 0 Å². The van der Waals surface area contributed by atoms with E-state index in [2.05, 4.69) is 19.1 Å². The number of nitrogens with zero attached hydrogens (tertiary/aromatic N) is 4. The molecule has 0 amide bonds. The molecule has 0 spiro atoms. The monoisotopic (exact) mass is 452 g/mol. The number of hydrogen-bond donors (Lipinski definition) is 0. The van der Waals surface area contributed by atoms with Gasteiger partial charge >= 0.3 is 0 Å². The van der Waals surface area contributed by atoms with Crippen LogP contribution in [0, 0.1) is 20.8 Å². The van der Waals surface area contributed by atoms with E-state index in [-0.39, 0.29) is 17.9 Å². The van der Waals surface area contributed by atoms with Gasteiger partial charge in [-0.1, -0.05) is 37.3 Å². The highest BCUT2D eigenvalue weighted by atomic mass is 16.1. The number of carbonyl (C=O) groups is 1. The normalized spacial score (nSPS) is 11.6. The molecule has 0 aliphatic rings. The van der Waals surface area contributed by atoms with Gasteiger partial charge in [-0.3, -0.25) is 14.2 Å². The van der Waals surface area contributed by atoms with Gasteiger partial charge in [0.25, 0.3) is 5.56 Å². The number of aromatic nitrogens is 4. The molecular weight excluding hydrogens is 424 g/mol. The van der Waals surface area contributed by atoms with Gasteiger partial charge in [-0.25, -0.2) is 4.68 Å². The van der Waals surface area contributed by atoms with Crippen LogP contribution in [-0.2, 0) is 20.0 Å². The molecule has 3 aromatic heterocycles. The molecule has 2 aromatic carbocycles. The van der Waals surface area contributed by atoms with Gasteiger partial charge in [0.05, 0.1) is 17.9 Å². The van der Waals surface area contributed by atoms with E-state index in [0.717, 1.165) is 45.3 Å². The second kappa shape index (κ2) is 8.13. The van der Waals surface area contributed by atoms with Gasteiger partial charge in [-0.2, -0.15) is 5.10 Å². The first-order valence-corrected chi connectivity index (χ1v) is 11.6. The number of Topliss-reactive ketones (excluding diaryl/α,β-unsaturated/α-hetero) is 1. The number of hydrogen-bond acceptors (Lipinski definition) is 3. The Hall–Kier alpha value is -3.93. The van der Waals surface area contributed by atoms with Crippen molar-refractivity contribution in [1.29, 1.82) is 0 Å². The maximum atomic E-state index is 13.7. The van der Waals surface area contributed by atoms with E-state index in [1.54, 1.807) is 15.3 Å². The Morgan fingerprint density at radius 3 is 2.41 bits per heavy atom. The van der Waals surface area contributed by atoms with Crippen molar-refractivity contribution in [2.75, 3.05) is 0 Å². The number of para-hydroxylation sites is 1. The van der Waals surface area contributed by atoms with Gasteiger partial charge in [-0.15, -0.1) is 0 Å². The number of benzene rings is 2. The lowest BCUT2D eigenvalue weighted by molar-refractivity contribution is 0.0973. The van der Waals surface area contributed by atoms with Crippen LogP contribution in [-0.4, -0.2) is 24.7 Å². The molecule has 0 bridgehead atoms. The summed E-state index contributed by atoms with van der Waals surface area (Å²) in [7, 11) is 1.96. The fraction of sp³-hybridized carbons (Fsp3) is 0.250. The van der Waals surface area contributed by atoms with Crippen LogP contribution in [0.25, 0.3) is 27.6 Å². The second-order valence-electron chi connectivity index (χ2n) is 8.93.